The fraction of sp³-hybridized carbons (Fsp3) is 0.692. The minimum atomic E-state index is -1.73. The van der Waals surface area contributed by atoms with Gasteiger partial charge in [0.25, 0.3) is 0 Å². The highest BCUT2D eigenvalue weighted by atomic mass is 16.4. The smallest absolute Gasteiger partial charge is 0.326 e. The lowest BCUT2D eigenvalue weighted by Crippen LogP contribution is -2.58. The molecule has 17 heteroatoms. The molecule has 0 aromatic heterocycles. The number of carboxylic acid groups (broad SMARTS) is 2. The molecule has 0 saturated heterocycles. The molecule has 0 rings (SSSR count). The number of carbonyl (C=O) groups is 8. The minimum Gasteiger partial charge on any atom is -0.481 e. The van der Waals surface area contributed by atoms with Crippen molar-refractivity contribution in [2.75, 3.05) is 0 Å². The minimum absolute atomic E-state index is 0.0724. The van der Waals surface area contributed by atoms with Gasteiger partial charge in [-0.3, -0.25) is 33.6 Å². The zero-order chi connectivity index (χ0) is 33.6. The van der Waals surface area contributed by atoms with Crippen LogP contribution in [-0.2, 0) is 38.4 Å². The summed E-state index contributed by atoms with van der Waals surface area (Å²) in [5.74, 6) is -8.08. The molecule has 0 heterocycles. The van der Waals surface area contributed by atoms with Crippen LogP contribution in [0.2, 0.25) is 0 Å². The van der Waals surface area contributed by atoms with E-state index in [1.807, 2.05) is 0 Å². The molecule has 0 radical (unpaired) electrons. The van der Waals surface area contributed by atoms with E-state index in [0.29, 0.717) is 0 Å². The normalized spacial score (nSPS) is 15.2. The van der Waals surface area contributed by atoms with Crippen LogP contribution in [-0.4, -0.2) is 93.8 Å². The maximum atomic E-state index is 12.8. The predicted molar refractivity (Wildman–Crippen MR) is 152 cm³/mol. The van der Waals surface area contributed by atoms with Gasteiger partial charge in [-0.15, -0.1) is 0 Å². The van der Waals surface area contributed by atoms with Gasteiger partial charge in [0.05, 0.1) is 12.5 Å². The molecule has 0 unspecified atom stereocenters. The quantitative estimate of drug-likeness (QED) is 0.0720. The zero-order valence-corrected chi connectivity index (χ0v) is 25.3. The van der Waals surface area contributed by atoms with Gasteiger partial charge in [0.2, 0.25) is 35.4 Å². The summed E-state index contributed by atoms with van der Waals surface area (Å²) in [6, 6.07) is -7.57. The first-order valence-corrected chi connectivity index (χ1v) is 13.8. The van der Waals surface area contributed by atoms with Crippen LogP contribution in [0.15, 0.2) is 0 Å². The van der Waals surface area contributed by atoms with Crippen molar-refractivity contribution in [3.63, 3.8) is 0 Å². The Bertz CT molecular complexity index is 1050. The second-order valence-electron chi connectivity index (χ2n) is 11.0. The van der Waals surface area contributed by atoms with Crippen molar-refractivity contribution in [2.24, 2.45) is 23.3 Å². The second-order valence-corrected chi connectivity index (χ2v) is 11.0. The van der Waals surface area contributed by atoms with Gasteiger partial charge in [-0.1, -0.05) is 27.7 Å². The summed E-state index contributed by atoms with van der Waals surface area (Å²) in [7, 11) is 0. The van der Waals surface area contributed by atoms with Gasteiger partial charge in [0.1, 0.15) is 30.2 Å². The molecule has 6 amide bonds. The van der Waals surface area contributed by atoms with Gasteiger partial charge in [-0.05, 0) is 38.5 Å². The van der Waals surface area contributed by atoms with E-state index in [-0.39, 0.29) is 31.1 Å². The van der Waals surface area contributed by atoms with E-state index >= 15 is 0 Å². The Labute approximate surface area is 249 Å². The summed E-state index contributed by atoms with van der Waals surface area (Å²) >= 11 is 0. The number of hydrogen-bond acceptors (Lipinski definition) is 9. The third-order valence-corrected chi connectivity index (χ3v) is 6.17. The lowest BCUT2D eigenvalue weighted by molar-refractivity contribution is -0.147. The molecule has 0 aliphatic rings. The van der Waals surface area contributed by atoms with Gasteiger partial charge in [-0.2, -0.15) is 0 Å². The molecule has 0 aliphatic heterocycles. The molecule has 17 nitrogen and oxygen atoms in total. The molecular formula is C26H45N7O10. The molecule has 0 aliphatic carbocycles. The first-order chi connectivity index (χ1) is 19.8. The highest BCUT2D eigenvalue weighted by molar-refractivity contribution is 5.96. The molecule has 0 aromatic carbocycles. The van der Waals surface area contributed by atoms with Crippen molar-refractivity contribution in [1.29, 1.82) is 0 Å². The number of amides is 6. The van der Waals surface area contributed by atoms with E-state index in [0.717, 1.165) is 0 Å². The summed E-state index contributed by atoms with van der Waals surface area (Å²) in [4.78, 5) is 97.0. The van der Waals surface area contributed by atoms with Crippen molar-refractivity contribution in [1.82, 2.24) is 26.6 Å². The van der Waals surface area contributed by atoms with Crippen molar-refractivity contribution in [2.45, 2.75) is 103 Å². The monoisotopic (exact) mass is 615 g/mol. The van der Waals surface area contributed by atoms with Crippen LogP contribution in [0.5, 0.6) is 0 Å². The number of nitrogens with one attached hydrogen (secondary N) is 5. The van der Waals surface area contributed by atoms with Crippen LogP contribution in [0.1, 0.15) is 67.2 Å². The molecule has 0 spiro atoms. The Morgan fingerprint density at radius 2 is 1.07 bits per heavy atom. The number of aliphatic carboxylic acids is 2. The van der Waals surface area contributed by atoms with E-state index in [9.17, 15) is 43.5 Å². The van der Waals surface area contributed by atoms with E-state index < -0.39 is 90.1 Å². The van der Waals surface area contributed by atoms with Crippen LogP contribution >= 0.6 is 0 Å². The van der Waals surface area contributed by atoms with E-state index in [1.165, 1.54) is 13.8 Å². The summed E-state index contributed by atoms with van der Waals surface area (Å²) in [6.07, 6.45) is -1.19. The number of hydrogen-bond donors (Lipinski definition) is 9. The summed E-state index contributed by atoms with van der Waals surface area (Å²) < 4.78 is 0. The van der Waals surface area contributed by atoms with Gasteiger partial charge in [0, 0.05) is 6.42 Å². The maximum absolute atomic E-state index is 12.8. The third kappa shape index (κ3) is 15.0. The predicted octanol–water partition coefficient (Wildman–Crippen LogP) is -2.70. The van der Waals surface area contributed by atoms with Crippen LogP contribution in [0.4, 0.5) is 0 Å². The largest absolute Gasteiger partial charge is 0.481 e. The van der Waals surface area contributed by atoms with Crippen LogP contribution in [0, 0.1) is 11.8 Å². The van der Waals surface area contributed by atoms with Crippen molar-refractivity contribution in [3.05, 3.63) is 0 Å². The Kier molecular flexibility index (Phi) is 16.5. The molecule has 43 heavy (non-hydrogen) atoms. The van der Waals surface area contributed by atoms with Crippen molar-refractivity contribution in [3.8, 4) is 0 Å². The molecule has 11 N–H and O–H groups in total. The fourth-order valence-corrected chi connectivity index (χ4v) is 3.56. The van der Waals surface area contributed by atoms with Gasteiger partial charge < -0.3 is 48.3 Å². The summed E-state index contributed by atoms with van der Waals surface area (Å²) in [5, 5.41) is 29.8. The maximum Gasteiger partial charge on any atom is 0.326 e. The second kappa shape index (κ2) is 18.3. The fourth-order valence-electron chi connectivity index (χ4n) is 3.56. The molecular weight excluding hydrogens is 570 g/mol. The number of carbonyl (C=O) groups excluding carboxylic acids is 6. The highest BCUT2D eigenvalue weighted by Crippen LogP contribution is 2.07. The number of carboxylic acids is 2. The molecule has 0 saturated carbocycles. The lowest BCUT2D eigenvalue weighted by atomic mass is 10.0. The molecule has 0 aromatic rings. The number of nitrogens with two attached hydrogens (primary N) is 2. The standard InChI is InChI=1S/C26H45N7O10/c1-11(2)9-16(24(40)33-17(26(42)43)10-19(35)36)32-22(38)14(6)29-21(37)13(5)30-23(39)15(7-8-18(27)34)31-25(41)20(28)12(3)4/h11-17,20H,7-10,28H2,1-6H3,(H2,27,34)(H,29,37)(H,30,39)(H,31,41)(H,32,38)(H,33,40)(H,35,36)(H,42,43)/t13-,14-,15-,16-,17-,20-/m0/s1. The third-order valence-electron chi connectivity index (χ3n) is 6.17. The Balaban J connectivity index is 5.41. The number of rotatable bonds is 19. The molecule has 6 atom stereocenters. The first-order valence-electron chi connectivity index (χ1n) is 13.8. The summed E-state index contributed by atoms with van der Waals surface area (Å²) in [5.41, 5.74) is 11.0. The van der Waals surface area contributed by atoms with Crippen LogP contribution < -0.4 is 38.1 Å². The average Bonchev–Trinajstić information content (AvgIpc) is 2.88. The van der Waals surface area contributed by atoms with Crippen LogP contribution in [0.25, 0.3) is 0 Å². The number of primary amides is 1. The Morgan fingerprint density at radius 1 is 0.628 bits per heavy atom. The Morgan fingerprint density at radius 3 is 1.51 bits per heavy atom. The topological polar surface area (TPSA) is 289 Å². The van der Waals surface area contributed by atoms with E-state index in [2.05, 4.69) is 26.6 Å². The average molecular weight is 616 g/mol. The molecule has 0 bridgehead atoms. The molecule has 244 valence electrons. The zero-order valence-electron chi connectivity index (χ0n) is 25.3. The Hall–Kier alpha value is -4.28. The van der Waals surface area contributed by atoms with E-state index in [1.54, 1.807) is 27.7 Å². The van der Waals surface area contributed by atoms with Gasteiger partial charge >= 0.3 is 11.9 Å². The van der Waals surface area contributed by atoms with Crippen LogP contribution in [0.3, 0.4) is 0 Å². The first kappa shape index (κ1) is 38.7. The van der Waals surface area contributed by atoms with Crippen molar-refractivity contribution < 1.29 is 48.6 Å². The summed E-state index contributed by atoms with van der Waals surface area (Å²) in [6.45, 7) is 9.51. The van der Waals surface area contributed by atoms with Crippen molar-refractivity contribution >= 4 is 47.4 Å². The lowest BCUT2D eigenvalue weighted by Gasteiger charge is -2.25. The van der Waals surface area contributed by atoms with Gasteiger partial charge in [0.15, 0.2) is 0 Å². The van der Waals surface area contributed by atoms with E-state index in [4.69, 9.17) is 16.6 Å². The molecule has 0 fully saturated rings. The highest BCUT2D eigenvalue weighted by Gasteiger charge is 2.31. The SMILES string of the molecule is CC(C)C[C@H](NC(=O)[C@H](C)NC(=O)[C@H](C)NC(=O)[C@H](CCC(N)=O)NC(=O)[C@@H](N)C(C)C)C(=O)N[C@@H](CC(=O)O)C(=O)O. The van der Waals surface area contributed by atoms with Gasteiger partial charge in [-0.25, -0.2) is 4.79 Å².